The van der Waals surface area contributed by atoms with Crippen LogP contribution in [-0.4, -0.2) is 18.7 Å². The Kier molecular flexibility index (Phi) is 4.02. The van der Waals surface area contributed by atoms with Gasteiger partial charge in [0.25, 0.3) is 0 Å². The van der Waals surface area contributed by atoms with Gasteiger partial charge < -0.3 is 4.90 Å². The van der Waals surface area contributed by atoms with Crippen LogP contribution in [0.25, 0.3) is 0 Å². The normalized spacial score (nSPS) is 17.1. The average Bonchev–Trinajstić information content (AvgIpc) is 2.80. The standard InChI is InChI=1S/C18H19NOS/c1-3-19-17-7-5-4-6-15(17)16(18(19)20)12-13-8-10-14(21-2)11-9-13/h4-11,16H,3,12H2,1-2H3. The fraction of sp³-hybridized carbons (Fsp3) is 0.278. The molecule has 0 bridgehead atoms. The van der Waals surface area contributed by atoms with E-state index in [1.165, 1.54) is 16.0 Å². The van der Waals surface area contributed by atoms with E-state index in [0.29, 0.717) is 0 Å². The predicted octanol–water partition coefficient (Wildman–Crippen LogP) is 4.10. The molecule has 2 aromatic rings. The first kappa shape index (κ1) is 14.2. The maximum absolute atomic E-state index is 12.6. The van der Waals surface area contributed by atoms with Gasteiger partial charge in [-0.2, -0.15) is 0 Å². The van der Waals surface area contributed by atoms with E-state index in [4.69, 9.17) is 0 Å². The van der Waals surface area contributed by atoms with Gasteiger partial charge in [-0.15, -0.1) is 11.8 Å². The van der Waals surface area contributed by atoms with Crippen LogP contribution in [0.1, 0.15) is 24.0 Å². The molecule has 1 amide bonds. The number of nitrogens with zero attached hydrogens (tertiary/aromatic N) is 1. The van der Waals surface area contributed by atoms with Crippen molar-refractivity contribution in [1.82, 2.24) is 0 Å². The molecule has 1 unspecified atom stereocenters. The lowest BCUT2D eigenvalue weighted by Gasteiger charge is -2.15. The van der Waals surface area contributed by atoms with E-state index in [9.17, 15) is 4.79 Å². The number of benzene rings is 2. The summed E-state index contributed by atoms with van der Waals surface area (Å²) in [6, 6.07) is 16.7. The maximum Gasteiger partial charge on any atom is 0.234 e. The van der Waals surface area contributed by atoms with Crippen molar-refractivity contribution >= 4 is 23.4 Å². The molecular weight excluding hydrogens is 278 g/mol. The minimum atomic E-state index is -0.0405. The quantitative estimate of drug-likeness (QED) is 0.792. The summed E-state index contributed by atoms with van der Waals surface area (Å²) in [5.41, 5.74) is 3.47. The molecule has 1 aliphatic rings. The zero-order valence-corrected chi connectivity index (χ0v) is 13.2. The second kappa shape index (κ2) is 5.94. The Labute approximate surface area is 130 Å². The summed E-state index contributed by atoms with van der Waals surface area (Å²) >= 11 is 1.74. The number of likely N-dealkylation sites (N-methyl/N-ethyl adjacent to an activating group) is 1. The van der Waals surface area contributed by atoms with E-state index < -0.39 is 0 Å². The highest BCUT2D eigenvalue weighted by molar-refractivity contribution is 7.98. The third-order valence-electron chi connectivity index (χ3n) is 4.08. The van der Waals surface area contributed by atoms with Crippen molar-refractivity contribution < 1.29 is 4.79 Å². The lowest BCUT2D eigenvalue weighted by molar-refractivity contribution is -0.119. The van der Waals surface area contributed by atoms with E-state index >= 15 is 0 Å². The molecular formula is C18H19NOS. The largest absolute Gasteiger partial charge is 0.312 e. The molecule has 1 aliphatic heterocycles. The Morgan fingerprint density at radius 3 is 2.48 bits per heavy atom. The van der Waals surface area contributed by atoms with E-state index in [1.807, 2.05) is 30.0 Å². The molecule has 0 saturated carbocycles. The van der Waals surface area contributed by atoms with Crippen molar-refractivity contribution in [3.8, 4) is 0 Å². The van der Waals surface area contributed by atoms with Gasteiger partial charge in [0.15, 0.2) is 0 Å². The zero-order valence-electron chi connectivity index (χ0n) is 12.4. The Morgan fingerprint density at radius 1 is 1.10 bits per heavy atom. The van der Waals surface area contributed by atoms with Gasteiger partial charge >= 0.3 is 0 Å². The molecule has 3 rings (SSSR count). The molecule has 1 atom stereocenters. The van der Waals surface area contributed by atoms with Crippen molar-refractivity contribution in [2.24, 2.45) is 0 Å². The van der Waals surface area contributed by atoms with E-state index in [2.05, 4.69) is 36.6 Å². The summed E-state index contributed by atoms with van der Waals surface area (Å²) in [6.45, 7) is 2.77. The first-order valence-corrected chi connectivity index (χ1v) is 8.50. The number of carbonyl (C=O) groups is 1. The monoisotopic (exact) mass is 297 g/mol. The highest BCUT2D eigenvalue weighted by Crippen LogP contribution is 2.38. The zero-order chi connectivity index (χ0) is 14.8. The van der Waals surface area contributed by atoms with Gasteiger partial charge in [0.1, 0.15) is 0 Å². The molecule has 1 heterocycles. The molecule has 21 heavy (non-hydrogen) atoms. The second-order valence-corrected chi connectivity index (χ2v) is 6.13. The fourth-order valence-electron chi connectivity index (χ4n) is 2.99. The number of amides is 1. The molecule has 0 aliphatic carbocycles. The maximum atomic E-state index is 12.6. The van der Waals surface area contributed by atoms with Crippen LogP contribution in [-0.2, 0) is 11.2 Å². The van der Waals surface area contributed by atoms with Crippen molar-refractivity contribution in [3.05, 3.63) is 59.7 Å². The summed E-state index contributed by atoms with van der Waals surface area (Å²) in [4.78, 5) is 15.8. The summed E-state index contributed by atoms with van der Waals surface area (Å²) in [5.74, 6) is 0.189. The third-order valence-corrected chi connectivity index (χ3v) is 4.83. The molecule has 108 valence electrons. The molecule has 0 N–H and O–H groups in total. The summed E-state index contributed by atoms with van der Waals surface area (Å²) in [7, 11) is 0. The molecule has 0 fully saturated rings. The van der Waals surface area contributed by atoms with Crippen LogP contribution >= 0.6 is 11.8 Å². The van der Waals surface area contributed by atoms with Crippen LogP contribution in [0.15, 0.2) is 53.4 Å². The van der Waals surface area contributed by atoms with Crippen LogP contribution in [0.3, 0.4) is 0 Å². The van der Waals surface area contributed by atoms with Crippen molar-refractivity contribution in [1.29, 1.82) is 0 Å². The SMILES string of the molecule is CCN1C(=O)C(Cc2ccc(SC)cc2)c2ccccc21. The van der Waals surface area contributed by atoms with Crippen LogP contribution in [0.2, 0.25) is 0 Å². The first-order chi connectivity index (χ1) is 10.2. The van der Waals surface area contributed by atoms with Gasteiger partial charge in [0, 0.05) is 17.1 Å². The molecule has 3 heteroatoms. The Hall–Kier alpha value is -1.74. The van der Waals surface area contributed by atoms with Gasteiger partial charge in [-0.25, -0.2) is 0 Å². The number of carbonyl (C=O) groups excluding carboxylic acids is 1. The molecule has 2 aromatic carbocycles. The van der Waals surface area contributed by atoms with E-state index in [0.717, 1.165) is 18.7 Å². The predicted molar refractivity (Wildman–Crippen MR) is 89.1 cm³/mol. The molecule has 2 nitrogen and oxygen atoms in total. The van der Waals surface area contributed by atoms with Crippen LogP contribution in [0.5, 0.6) is 0 Å². The number of fused-ring (bicyclic) bond motifs is 1. The Morgan fingerprint density at radius 2 is 1.81 bits per heavy atom. The minimum absolute atomic E-state index is 0.0405. The van der Waals surface area contributed by atoms with Crippen LogP contribution < -0.4 is 4.90 Å². The Bertz CT molecular complexity index is 651. The first-order valence-electron chi connectivity index (χ1n) is 7.27. The Balaban J connectivity index is 1.89. The lowest BCUT2D eigenvalue weighted by Crippen LogP contribution is -2.29. The highest BCUT2D eigenvalue weighted by Gasteiger charge is 2.35. The number of hydrogen-bond donors (Lipinski definition) is 0. The average molecular weight is 297 g/mol. The number of hydrogen-bond acceptors (Lipinski definition) is 2. The van der Waals surface area contributed by atoms with Gasteiger partial charge in [-0.3, -0.25) is 4.79 Å². The highest BCUT2D eigenvalue weighted by atomic mass is 32.2. The van der Waals surface area contributed by atoms with E-state index in [1.54, 1.807) is 11.8 Å². The number of para-hydroxylation sites is 1. The topological polar surface area (TPSA) is 20.3 Å². The van der Waals surface area contributed by atoms with Crippen molar-refractivity contribution in [3.63, 3.8) is 0 Å². The smallest absolute Gasteiger partial charge is 0.234 e. The second-order valence-electron chi connectivity index (χ2n) is 5.25. The summed E-state index contributed by atoms with van der Waals surface area (Å²) in [6.07, 6.45) is 2.85. The van der Waals surface area contributed by atoms with Crippen LogP contribution in [0, 0.1) is 0 Å². The molecule has 0 spiro atoms. The summed E-state index contributed by atoms with van der Waals surface area (Å²) < 4.78 is 0. The van der Waals surface area contributed by atoms with Crippen molar-refractivity contribution in [2.75, 3.05) is 17.7 Å². The molecule has 0 aromatic heterocycles. The van der Waals surface area contributed by atoms with Crippen molar-refractivity contribution in [2.45, 2.75) is 24.2 Å². The fourth-order valence-corrected chi connectivity index (χ4v) is 3.40. The van der Waals surface area contributed by atoms with Gasteiger partial charge in [0.2, 0.25) is 5.91 Å². The van der Waals surface area contributed by atoms with Crippen LogP contribution in [0.4, 0.5) is 5.69 Å². The minimum Gasteiger partial charge on any atom is -0.312 e. The van der Waals surface area contributed by atoms with Gasteiger partial charge in [-0.1, -0.05) is 30.3 Å². The number of rotatable bonds is 4. The lowest BCUT2D eigenvalue weighted by atomic mass is 9.93. The summed E-state index contributed by atoms with van der Waals surface area (Å²) in [5, 5.41) is 0. The third kappa shape index (κ3) is 2.58. The van der Waals surface area contributed by atoms with Gasteiger partial charge in [0.05, 0.1) is 5.92 Å². The molecule has 0 saturated heterocycles. The number of thioether (sulfide) groups is 1. The van der Waals surface area contributed by atoms with Gasteiger partial charge in [-0.05, 0) is 48.9 Å². The molecule has 0 radical (unpaired) electrons. The number of anilines is 1. The van der Waals surface area contributed by atoms with E-state index in [-0.39, 0.29) is 11.8 Å².